The molecular formula is C57H46Cl5CsN8O13. The summed E-state index contributed by atoms with van der Waals surface area (Å²) >= 11 is 30.4. The molecule has 0 saturated heterocycles. The van der Waals surface area contributed by atoms with E-state index in [0.717, 1.165) is 22.3 Å². The molecule has 8 aromatic rings. The van der Waals surface area contributed by atoms with Crippen LogP contribution in [0.15, 0.2) is 134 Å². The van der Waals surface area contributed by atoms with Crippen LogP contribution in [0.25, 0.3) is 0 Å². The van der Waals surface area contributed by atoms with Crippen LogP contribution < -0.4 is 104 Å². The Morgan fingerprint density at radius 2 is 1.07 bits per heavy atom. The van der Waals surface area contributed by atoms with E-state index in [1.54, 1.807) is 42.1 Å². The minimum Gasteiger partial charge on any atom is -0.662 e. The number of hydrogen-bond donors (Lipinski definition) is 2. The van der Waals surface area contributed by atoms with Crippen molar-refractivity contribution in [3.8, 4) is 34.8 Å². The molecule has 84 heavy (non-hydrogen) atoms. The second kappa shape index (κ2) is 31.8. The third-order valence-electron chi connectivity index (χ3n) is 11.7. The van der Waals surface area contributed by atoms with E-state index < -0.39 is 11.9 Å². The number of ether oxygens (including phenoxy) is 6. The van der Waals surface area contributed by atoms with Gasteiger partial charge >= 0.3 is 80.8 Å². The van der Waals surface area contributed by atoms with E-state index in [9.17, 15) is 19.2 Å². The number of anilines is 3. The molecule has 0 fully saturated rings. The molecule has 0 saturated carbocycles. The number of fused-ring (bicyclic) bond motifs is 2. The van der Waals surface area contributed by atoms with E-state index in [0.29, 0.717) is 58.6 Å². The van der Waals surface area contributed by atoms with Gasteiger partial charge < -0.3 is 59.4 Å². The van der Waals surface area contributed by atoms with Crippen molar-refractivity contribution in [1.82, 2.24) is 29.7 Å². The molecule has 428 valence electrons. The topological polar surface area (TPSA) is 269 Å². The molecule has 3 N–H and O–H groups in total. The van der Waals surface area contributed by atoms with Crippen molar-refractivity contribution in [3.05, 3.63) is 204 Å². The molecular weight excluding hydrogens is 1310 g/mol. The molecule has 10 rings (SSSR count). The summed E-state index contributed by atoms with van der Waals surface area (Å²) in [5.74, 6) is 0.402. The van der Waals surface area contributed by atoms with Crippen LogP contribution in [0.5, 0.6) is 34.8 Å². The van der Waals surface area contributed by atoms with Gasteiger partial charge in [-0.05, 0) is 70.3 Å². The SMILES string of the molecule is CN1Cc2cccc(Oc3nc(Cl)ncc3Cl)c2C1=O.COc1cc(C(=O)OCc2ccccc2)c(Cl)cc1N.COc1cc(C(=O)OCc2ccccc2)c(Cl)cc1Nc1ncc(Cl)c(Oc2cccc3c2C(=O)N(C)C3)n1.O=CO[O-].[Cs+]. The Morgan fingerprint density at radius 1 is 0.619 bits per heavy atom. The Labute approximate surface area is 564 Å². The Hall–Kier alpha value is -6.91. The summed E-state index contributed by atoms with van der Waals surface area (Å²) in [5.41, 5.74) is 11.4. The number of methoxy groups -OCH3 is 2. The average Bonchev–Trinajstić information content (AvgIpc) is 4.02. The van der Waals surface area contributed by atoms with Crippen LogP contribution in [0.4, 0.5) is 17.3 Å². The van der Waals surface area contributed by atoms with E-state index >= 15 is 0 Å². The van der Waals surface area contributed by atoms with Gasteiger partial charge in [0.25, 0.3) is 18.3 Å². The van der Waals surface area contributed by atoms with Crippen molar-refractivity contribution < 1.29 is 131 Å². The first-order valence-corrected chi connectivity index (χ1v) is 26.0. The van der Waals surface area contributed by atoms with Gasteiger partial charge in [0.15, 0.2) is 0 Å². The molecule has 0 unspecified atom stereocenters. The summed E-state index contributed by atoms with van der Waals surface area (Å²) in [4.78, 5) is 80.1. The molecule has 21 nitrogen and oxygen atoms in total. The maximum absolute atomic E-state index is 12.7. The molecule has 0 aliphatic carbocycles. The normalized spacial score (nSPS) is 11.5. The predicted molar refractivity (Wildman–Crippen MR) is 306 cm³/mol. The molecule has 2 aliphatic heterocycles. The number of nitrogens with zero attached hydrogens (tertiary/aromatic N) is 6. The number of nitrogens with one attached hydrogen (secondary N) is 1. The number of rotatable bonds is 15. The summed E-state index contributed by atoms with van der Waals surface area (Å²) < 4.78 is 32.7. The van der Waals surface area contributed by atoms with Gasteiger partial charge in [0.2, 0.25) is 23.0 Å². The maximum atomic E-state index is 12.7. The third-order valence-corrected chi connectivity index (χ3v) is 13.1. The number of esters is 2. The number of amides is 2. The Kier molecular flexibility index (Phi) is 25.1. The summed E-state index contributed by atoms with van der Waals surface area (Å²) in [6.45, 7) is 1.16. The van der Waals surface area contributed by atoms with Gasteiger partial charge in [0.1, 0.15) is 46.3 Å². The molecule has 4 heterocycles. The van der Waals surface area contributed by atoms with Crippen molar-refractivity contribution in [2.45, 2.75) is 26.3 Å². The van der Waals surface area contributed by atoms with Gasteiger partial charge in [-0.2, -0.15) is 9.97 Å². The molecule has 0 radical (unpaired) electrons. The molecule has 2 aliphatic rings. The molecule has 2 aromatic heterocycles. The number of nitrogens with two attached hydrogens (primary N) is 1. The van der Waals surface area contributed by atoms with E-state index in [-0.39, 0.29) is 155 Å². The Balaban J connectivity index is 0.000000212. The van der Waals surface area contributed by atoms with Gasteiger partial charge in [0.05, 0.1) is 70.3 Å². The molecule has 2 amide bonds. The van der Waals surface area contributed by atoms with Crippen LogP contribution in [-0.2, 0) is 45.5 Å². The second-order valence-electron chi connectivity index (χ2n) is 17.3. The Morgan fingerprint density at radius 3 is 1.55 bits per heavy atom. The molecule has 6 aromatic carbocycles. The van der Waals surface area contributed by atoms with E-state index in [4.69, 9.17) is 102 Å². The van der Waals surface area contributed by atoms with Crippen LogP contribution in [0.1, 0.15) is 63.7 Å². The summed E-state index contributed by atoms with van der Waals surface area (Å²) in [6.07, 6.45) is 2.72. The number of aromatic nitrogens is 4. The van der Waals surface area contributed by atoms with Gasteiger partial charge in [-0.15, -0.1) is 0 Å². The van der Waals surface area contributed by atoms with Crippen LogP contribution >= 0.6 is 58.0 Å². The smallest absolute Gasteiger partial charge is 0.662 e. The monoisotopic (exact) mass is 1360 g/mol. The predicted octanol–water partition coefficient (Wildman–Crippen LogP) is 8.16. The van der Waals surface area contributed by atoms with Crippen molar-refractivity contribution >= 4 is 106 Å². The Bertz CT molecular complexity index is 3670. The largest absolute Gasteiger partial charge is 1.00 e. The first-order chi connectivity index (χ1) is 39.9. The zero-order valence-corrected chi connectivity index (χ0v) is 55.1. The van der Waals surface area contributed by atoms with E-state index in [1.165, 1.54) is 50.9 Å². The molecule has 0 spiro atoms. The van der Waals surface area contributed by atoms with Gasteiger partial charge in [0, 0.05) is 27.2 Å². The minimum absolute atomic E-state index is 0. The fourth-order valence-electron chi connectivity index (χ4n) is 7.80. The summed E-state index contributed by atoms with van der Waals surface area (Å²) in [5, 5.41) is 12.2. The summed E-state index contributed by atoms with van der Waals surface area (Å²) in [6, 6.07) is 35.4. The second-order valence-corrected chi connectivity index (χ2v) is 19.3. The standard InChI is InChI=1S/C28H22Cl2N4O5.C15H14ClNO3.C13H9Cl2N3O2.CH2O3.Cs/c1-34-14-17-9-6-10-22(24(17)26(34)35)39-25-20(30)13-31-28(33-25)32-21-12-19(29)18(11-23(21)37-2)27(36)38-15-16-7-4-3-5-8-16;1-19-14-7-11(12(16)8-13(14)17)15(18)20-9-10-5-3-2-4-6-10;1-18-6-7-3-2-4-9(10(7)12(18)19)20-11-8(14)5-16-13(15)17-11;2-1-4-3;/h3-13H,14-15H2,1-2H3,(H,31,32,33);2-8H,9,17H2,1H3;2-5H,6H2,1H3;1,3H;/q;;;;+1/p-1. The molecule has 0 bridgehead atoms. The number of benzene rings is 6. The van der Waals surface area contributed by atoms with Gasteiger partial charge in [-0.3, -0.25) is 14.4 Å². The van der Waals surface area contributed by atoms with Crippen LogP contribution in [0, 0.1) is 0 Å². The van der Waals surface area contributed by atoms with E-state index in [1.807, 2.05) is 78.9 Å². The van der Waals surface area contributed by atoms with Crippen LogP contribution in [0.2, 0.25) is 25.4 Å². The maximum Gasteiger partial charge on any atom is 1.00 e. The number of carbonyl (C=O) groups excluding carboxylic acids is 5. The van der Waals surface area contributed by atoms with Crippen molar-refractivity contribution in [2.24, 2.45) is 0 Å². The van der Waals surface area contributed by atoms with Crippen molar-refractivity contribution in [3.63, 3.8) is 0 Å². The minimum atomic E-state index is -0.595. The van der Waals surface area contributed by atoms with Crippen molar-refractivity contribution in [2.75, 3.05) is 39.4 Å². The van der Waals surface area contributed by atoms with Crippen LogP contribution in [-0.4, -0.2) is 88.3 Å². The number of nitrogen functional groups attached to an aromatic ring is 1. The summed E-state index contributed by atoms with van der Waals surface area (Å²) in [7, 11) is 6.38. The van der Waals surface area contributed by atoms with Gasteiger partial charge in [-0.1, -0.05) is 131 Å². The first kappa shape index (κ1) is 66.2. The van der Waals surface area contributed by atoms with Crippen LogP contribution in [0.3, 0.4) is 0 Å². The fraction of sp³-hybridized carbons (Fsp3) is 0.140. The number of carbonyl (C=O) groups is 5. The van der Waals surface area contributed by atoms with E-state index in [2.05, 4.69) is 30.1 Å². The molecule has 27 heteroatoms. The molecule has 0 atom stereocenters. The fourth-order valence-corrected chi connectivity index (χ4v) is 8.68. The zero-order chi connectivity index (χ0) is 59.7. The third kappa shape index (κ3) is 17.4. The average molecular weight is 1360 g/mol. The first-order valence-electron chi connectivity index (χ1n) is 24.2. The van der Waals surface area contributed by atoms with Crippen molar-refractivity contribution in [1.29, 1.82) is 0 Å². The van der Waals surface area contributed by atoms with Gasteiger partial charge in [-0.25, -0.2) is 19.6 Å². The number of halogens is 5. The quantitative estimate of drug-likeness (QED) is 0.0245. The zero-order valence-electron chi connectivity index (χ0n) is 45.1. The number of hydrogen-bond acceptors (Lipinski definition) is 19.